The summed E-state index contributed by atoms with van der Waals surface area (Å²) in [6.45, 7) is 15.3. The smallest absolute Gasteiger partial charge is 0.480 e. The van der Waals surface area contributed by atoms with E-state index < -0.39 is 65.5 Å². The Balaban J connectivity index is 3.43. The van der Waals surface area contributed by atoms with E-state index in [0.717, 1.165) is 0 Å². The van der Waals surface area contributed by atoms with Gasteiger partial charge in [0, 0.05) is 11.8 Å². The molecule has 3 unspecified atom stereocenters. The molecule has 4 atom stereocenters. The summed E-state index contributed by atoms with van der Waals surface area (Å²) in [6.07, 6.45) is -1.09. The average Bonchev–Trinajstić information content (AvgIpc) is 2.79. The second kappa shape index (κ2) is 13.4. The van der Waals surface area contributed by atoms with Crippen LogP contribution in [0.1, 0.15) is 80.2 Å². The first-order valence-corrected chi connectivity index (χ1v) is 12.5. The summed E-state index contributed by atoms with van der Waals surface area (Å²) < 4.78 is 21.7. The molecule has 0 saturated carbocycles. The Kier molecular flexibility index (Phi) is 11.6. The van der Waals surface area contributed by atoms with Crippen molar-refractivity contribution in [2.45, 2.75) is 92.4 Å². The van der Waals surface area contributed by atoms with Crippen molar-refractivity contribution < 1.29 is 43.2 Å². The van der Waals surface area contributed by atoms with Gasteiger partial charge >= 0.3 is 24.1 Å². The number of carbonyl (C=O) groups is 4. The fourth-order valence-electron chi connectivity index (χ4n) is 3.21. The van der Waals surface area contributed by atoms with Crippen LogP contribution in [0.5, 0.6) is 11.5 Å². The number of nitrogens with two attached hydrogens (primary N) is 1. The molecule has 0 aliphatic rings. The predicted molar refractivity (Wildman–Crippen MR) is 136 cm³/mol. The lowest BCUT2D eigenvalue weighted by molar-refractivity contribution is -0.140. The SMILES string of the molecule is CCC(C)(C)OC(=O)OC(C)C(C)C(c1ccc(OC(=O)C(C)C)c(OC(=O)C(C)C)c1)[C@H](N)C(=O)O. The molecule has 0 bridgehead atoms. The first kappa shape index (κ1) is 31.9. The van der Waals surface area contributed by atoms with Gasteiger partial charge in [-0.25, -0.2) is 4.79 Å². The van der Waals surface area contributed by atoms with E-state index in [2.05, 4.69) is 0 Å². The molecule has 10 heteroatoms. The minimum Gasteiger partial charge on any atom is -0.480 e. The summed E-state index contributed by atoms with van der Waals surface area (Å²) >= 11 is 0. The zero-order valence-corrected chi connectivity index (χ0v) is 23.2. The van der Waals surface area contributed by atoms with Gasteiger partial charge in [0.25, 0.3) is 0 Å². The van der Waals surface area contributed by atoms with Crippen molar-refractivity contribution in [3.8, 4) is 11.5 Å². The van der Waals surface area contributed by atoms with Crippen molar-refractivity contribution in [2.24, 2.45) is 23.5 Å². The van der Waals surface area contributed by atoms with Crippen LogP contribution in [0.15, 0.2) is 18.2 Å². The van der Waals surface area contributed by atoms with Crippen LogP contribution in [0, 0.1) is 17.8 Å². The Labute approximate surface area is 218 Å². The number of esters is 2. The number of benzene rings is 1. The lowest BCUT2D eigenvalue weighted by Gasteiger charge is -2.32. The lowest BCUT2D eigenvalue weighted by Crippen LogP contribution is -2.43. The molecule has 208 valence electrons. The van der Waals surface area contributed by atoms with E-state index in [-0.39, 0.29) is 11.5 Å². The van der Waals surface area contributed by atoms with Gasteiger partial charge in [-0.2, -0.15) is 0 Å². The van der Waals surface area contributed by atoms with Crippen LogP contribution in [0.2, 0.25) is 0 Å². The van der Waals surface area contributed by atoms with E-state index in [1.54, 1.807) is 61.5 Å². The Hall–Kier alpha value is -3.14. The zero-order chi connectivity index (χ0) is 28.7. The molecule has 0 amide bonds. The molecule has 37 heavy (non-hydrogen) atoms. The topological polar surface area (TPSA) is 151 Å². The Morgan fingerprint density at radius 3 is 1.89 bits per heavy atom. The van der Waals surface area contributed by atoms with Gasteiger partial charge in [-0.1, -0.05) is 47.6 Å². The van der Waals surface area contributed by atoms with Crippen LogP contribution in [0.3, 0.4) is 0 Å². The Morgan fingerprint density at radius 2 is 1.43 bits per heavy atom. The molecular formula is C27H41NO9. The highest BCUT2D eigenvalue weighted by molar-refractivity contribution is 5.78. The fraction of sp³-hybridized carbons (Fsp3) is 0.630. The number of rotatable bonds is 12. The highest BCUT2D eigenvalue weighted by Gasteiger charge is 2.36. The van der Waals surface area contributed by atoms with Crippen molar-refractivity contribution in [2.75, 3.05) is 0 Å². The third-order valence-electron chi connectivity index (χ3n) is 6.19. The van der Waals surface area contributed by atoms with Crippen LogP contribution in [-0.4, -0.2) is 46.9 Å². The third-order valence-corrected chi connectivity index (χ3v) is 6.19. The van der Waals surface area contributed by atoms with Crippen LogP contribution >= 0.6 is 0 Å². The van der Waals surface area contributed by atoms with Gasteiger partial charge in [0.15, 0.2) is 11.5 Å². The van der Waals surface area contributed by atoms with Crippen LogP contribution in [0.4, 0.5) is 4.79 Å². The maximum Gasteiger partial charge on any atom is 0.509 e. The third kappa shape index (κ3) is 9.35. The minimum atomic E-state index is -1.39. The molecule has 3 N–H and O–H groups in total. The van der Waals surface area contributed by atoms with E-state index >= 15 is 0 Å². The number of aliphatic carboxylic acids is 1. The average molecular weight is 524 g/mol. The van der Waals surface area contributed by atoms with Crippen molar-refractivity contribution in [1.82, 2.24) is 0 Å². The van der Waals surface area contributed by atoms with Crippen molar-refractivity contribution in [1.29, 1.82) is 0 Å². The highest BCUT2D eigenvalue weighted by Crippen LogP contribution is 2.37. The van der Waals surface area contributed by atoms with Crippen LogP contribution < -0.4 is 15.2 Å². The summed E-state index contributed by atoms with van der Waals surface area (Å²) in [5, 5.41) is 9.72. The van der Waals surface area contributed by atoms with Gasteiger partial charge in [-0.05, 0) is 44.9 Å². The zero-order valence-electron chi connectivity index (χ0n) is 23.2. The van der Waals surface area contributed by atoms with E-state index in [1.165, 1.54) is 12.1 Å². The molecule has 0 fully saturated rings. The number of hydrogen-bond acceptors (Lipinski definition) is 9. The number of carbonyl (C=O) groups excluding carboxylic acids is 3. The van der Waals surface area contributed by atoms with Gasteiger partial charge in [-0.3, -0.25) is 14.4 Å². The number of ether oxygens (including phenoxy) is 4. The normalized spacial score (nSPS) is 14.9. The molecule has 1 aromatic rings. The predicted octanol–water partition coefficient (Wildman–Crippen LogP) is 4.67. The van der Waals surface area contributed by atoms with E-state index in [0.29, 0.717) is 12.0 Å². The second-order valence-corrected chi connectivity index (χ2v) is 10.4. The quantitative estimate of drug-likeness (QED) is 0.292. The maximum absolute atomic E-state index is 12.4. The van der Waals surface area contributed by atoms with Crippen molar-refractivity contribution in [3.63, 3.8) is 0 Å². The van der Waals surface area contributed by atoms with Crippen LogP contribution in [0.25, 0.3) is 0 Å². The maximum atomic E-state index is 12.4. The number of carboxylic acid groups (broad SMARTS) is 1. The minimum absolute atomic E-state index is 0.0152. The van der Waals surface area contributed by atoms with E-state index in [4.69, 9.17) is 24.7 Å². The van der Waals surface area contributed by atoms with Crippen molar-refractivity contribution >= 4 is 24.1 Å². The summed E-state index contributed by atoms with van der Waals surface area (Å²) in [6, 6.07) is 3.02. The summed E-state index contributed by atoms with van der Waals surface area (Å²) in [5.74, 6) is -4.76. The first-order valence-electron chi connectivity index (χ1n) is 12.5. The molecule has 0 aromatic heterocycles. The molecule has 0 aliphatic carbocycles. The lowest BCUT2D eigenvalue weighted by atomic mass is 9.79. The van der Waals surface area contributed by atoms with Gasteiger partial charge in [0.1, 0.15) is 17.7 Å². The van der Waals surface area contributed by atoms with Crippen LogP contribution in [-0.2, 0) is 23.9 Å². The van der Waals surface area contributed by atoms with E-state index in [1.807, 2.05) is 6.92 Å². The highest BCUT2D eigenvalue weighted by atomic mass is 16.7. The number of hydrogen-bond donors (Lipinski definition) is 2. The summed E-state index contributed by atoms with van der Waals surface area (Å²) in [4.78, 5) is 48.8. The molecule has 0 saturated heterocycles. The monoisotopic (exact) mass is 523 g/mol. The standard InChI is InChI=1S/C27H41NO9/c1-10-27(8,9)37-26(33)34-17(7)16(6)21(22(28)23(29)30)18-11-12-19(35-24(31)14(2)3)20(13-18)36-25(32)15(4)5/h11-17,21-22H,10,28H2,1-9H3,(H,29,30)/t16?,17?,21?,22-/m0/s1. The molecule has 0 aliphatic heterocycles. The van der Waals surface area contributed by atoms with Gasteiger partial charge in [0.05, 0.1) is 11.8 Å². The largest absolute Gasteiger partial charge is 0.509 e. The molecule has 1 aromatic carbocycles. The molecular weight excluding hydrogens is 482 g/mol. The first-order chi connectivity index (χ1) is 17.0. The fourth-order valence-corrected chi connectivity index (χ4v) is 3.21. The van der Waals surface area contributed by atoms with E-state index in [9.17, 15) is 24.3 Å². The van der Waals surface area contributed by atoms with Gasteiger partial charge < -0.3 is 29.8 Å². The summed E-state index contributed by atoms with van der Waals surface area (Å²) in [7, 11) is 0. The van der Waals surface area contributed by atoms with Gasteiger partial charge in [0.2, 0.25) is 0 Å². The summed E-state index contributed by atoms with van der Waals surface area (Å²) in [5.41, 5.74) is 5.75. The molecule has 1 rings (SSSR count). The Morgan fingerprint density at radius 1 is 0.919 bits per heavy atom. The molecule has 10 nitrogen and oxygen atoms in total. The molecule has 0 radical (unpaired) electrons. The molecule has 0 heterocycles. The Bertz CT molecular complexity index is 971. The second-order valence-electron chi connectivity index (χ2n) is 10.4. The van der Waals surface area contributed by atoms with Gasteiger partial charge in [-0.15, -0.1) is 0 Å². The van der Waals surface area contributed by atoms with Crippen molar-refractivity contribution in [3.05, 3.63) is 23.8 Å². The molecule has 0 spiro atoms. The number of carboxylic acids is 1.